The molecule has 0 aliphatic carbocycles. The van der Waals surface area contributed by atoms with Crippen LogP contribution in [0.3, 0.4) is 0 Å². The Bertz CT molecular complexity index is 201. The van der Waals surface area contributed by atoms with E-state index in [4.69, 9.17) is 4.55 Å². The predicted octanol–water partition coefficient (Wildman–Crippen LogP) is 0.606. The second-order valence-corrected chi connectivity index (χ2v) is 4.51. The van der Waals surface area contributed by atoms with Crippen LogP contribution < -0.4 is 0 Å². The van der Waals surface area contributed by atoms with Crippen LogP contribution in [0.2, 0.25) is 0 Å². The van der Waals surface area contributed by atoms with Crippen molar-refractivity contribution in [2.24, 2.45) is 0 Å². The van der Waals surface area contributed by atoms with Crippen molar-refractivity contribution in [1.82, 2.24) is 4.90 Å². The Morgan fingerprint density at radius 1 is 1.33 bits per heavy atom. The molecule has 0 radical (unpaired) electrons. The van der Waals surface area contributed by atoms with Crippen LogP contribution >= 0.6 is 0 Å². The molecule has 1 N–H and O–H groups in total. The number of hydrogen-bond donors (Lipinski definition) is 1. The van der Waals surface area contributed by atoms with Crippen molar-refractivity contribution in [1.29, 1.82) is 0 Å². The van der Waals surface area contributed by atoms with Crippen molar-refractivity contribution in [3.63, 3.8) is 0 Å². The summed E-state index contributed by atoms with van der Waals surface area (Å²) in [4.78, 5) is 1.90. The normalized spacial score (nSPS) is 12.3. The van der Waals surface area contributed by atoms with Crippen LogP contribution in [0.5, 0.6) is 0 Å². The largest absolute Gasteiger partial charge is 0.305 e. The average molecular weight is 195 g/mol. The van der Waals surface area contributed by atoms with Crippen LogP contribution in [0.4, 0.5) is 0 Å². The van der Waals surface area contributed by atoms with Gasteiger partial charge in [0.15, 0.2) is 0 Å². The Morgan fingerprint density at radius 3 is 2.33 bits per heavy atom. The quantitative estimate of drug-likeness (QED) is 0.631. The lowest BCUT2D eigenvalue weighted by atomic mass is 10.3. The highest BCUT2D eigenvalue weighted by Gasteiger charge is 2.06. The van der Waals surface area contributed by atoms with Crippen LogP contribution in [0.25, 0.3) is 0 Å². The van der Waals surface area contributed by atoms with Crippen LogP contribution in [0, 0.1) is 0 Å². The SMILES string of the molecule is CCCCN(C)CCS(=O)(=O)O. The topological polar surface area (TPSA) is 57.6 Å². The van der Waals surface area contributed by atoms with E-state index in [0.29, 0.717) is 6.54 Å². The summed E-state index contributed by atoms with van der Waals surface area (Å²) in [5.41, 5.74) is 0. The number of hydrogen-bond acceptors (Lipinski definition) is 3. The van der Waals surface area contributed by atoms with Gasteiger partial charge in [0.2, 0.25) is 0 Å². The van der Waals surface area contributed by atoms with Gasteiger partial charge in [0.1, 0.15) is 0 Å². The zero-order chi connectivity index (χ0) is 9.61. The van der Waals surface area contributed by atoms with Crippen LogP contribution in [0.1, 0.15) is 19.8 Å². The third-order valence-corrected chi connectivity index (χ3v) is 2.32. The lowest BCUT2D eigenvalue weighted by molar-refractivity contribution is 0.342. The summed E-state index contributed by atoms with van der Waals surface area (Å²) >= 11 is 0. The van der Waals surface area contributed by atoms with Gasteiger partial charge in [0.25, 0.3) is 10.1 Å². The van der Waals surface area contributed by atoms with Crippen molar-refractivity contribution < 1.29 is 13.0 Å². The lowest BCUT2D eigenvalue weighted by Gasteiger charge is -2.14. The molecule has 0 rings (SSSR count). The molecule has 0 aromatic carbocycles. The summed E-state index contributed by atoms with van der Waals surface area (Å²) in [6.45, 7) is 3.36. The molecule has 0 unspecified atom stereocenters. The van der Waals surface area contributed by atoms with Gasteiger partial charge in [0.05, 0.1) is 5.75 Å². The molecule has 5 heteroatoms. The third-order valence-electron chi connectivity index (χ3n) is 1.62. The molecular formula is C7H17NO3S. The molecule has 0 aromatic rings. The zero-order valence-corrected chi connectivity index (χ0v) is 8.47. The first-order chi connectivity index (χ1) is 5.45. The zero-order valence-electron chi connectivity index (χ0n) is 7.65. The van der Waals surface area contributed by atoms with Gasteiger partial charge >= 0.3 is 0 Å². The fourth-order valence-corrected chi connectivity index (χ4v) is 1.35. The van der Waals surface area contributed by atoms with Gasteiger partial charge in [-0.05, 0) is 20.0 Å². The molecule has 0 aromatic heterocycles. The molecule has 0 saturated carbocycles. The summed E-state index contributed by atoms with van der Waals surface area (Å²) in [6, 6.07) is 0. The molecule has 0 saturated heterocycles. The van der Waals surface area contributed by atoms with Crippen molar-refractivity contribution >= 4 is 10.1 Å². The Balaban J connectivity index is 3.51. The average Bonchev–Trinajstić information content (AvgIpc) is 1.95. The van der Waals surface area contributed by atoms with Gasteiger partial charge < -0.3 is 4.90 Å². The van der Waals surface area contributed by atoms with Gasteiger partial charge in [0, 0.05) is 6.54 Å². The van der Waals surface area contributed by atoms with E-state index in [1.54, 1.807) is 0 Å². The highest BCUT2D eigenvalue weighted by Crippen LogP contribution is 1.92. The highest BCUT2D eigenvalue weighted by atomic mass is 32.2. The Hall–Kier alpha value is -0.130. The molecule has 0 atom stereocenters. The first kappa shape index (κ1) is 11.9. The molecule has 0 aliphatic rings. The monoisotopic (exact) mass is 195 g/mol. The summed E-state index contributed by atoms with van der Waals surface area (Å²) < 4.78 is 29.1. The van der Waals surface area contributed by atoms with Crippen LogP contribution in [-0.2, 0) is 10.1 Å². The van der Waals surface area contributed by atoms with Gasteiger partial charge in [-0.1, -0.05) is 13.3 Å². The first-order valence-electron chi connectivity index (χ1n) is 4.09. The van der Waals surface area contributed by atoms with Crippen molar-refractivity contribution in [3.8, 4) is 0 Å². The van der Waals surface area contributed by atoms with Gasteiger partial charge in [-0.15, -0.1) is 0 Å². The van der Waals surface area contributed by atoms with Crippen molar-refractivity contribution in [3.05, 3.63) is 0 Å². The van der Waals surface area contributed by atoms with Crippen LogP contribution in [-0.4, -0.2) is 43.8 Å². The molecule has 0 bridgehead atoms. The standard InChI is InChI=1S/C7H17NO3S/c1-3-4-5-8(2)6-7-12(9,10)11/h3-7H2,1-2H3,(H,9,10,11). The summed E-state index contributed by atoms with van der Waals surface area (Å²) in [6.07, 6.45) is 2.15. The summed E-state index contributed by atoms with van der Waals surface area (Å²) in [5, 5.41) is 0. The maximum atomic E-state index is 10.3. The van der Waals surface area contributed by atoms with Gasteiger partial charge in [-0.25, -0.2) is 0 Å². The smallest absolute Gasteiger partial charge is 0.266 e. The molecule has 0 heterocycles. The second kappa shape index (κ2) is 5.50. The minimum Gasteiger partial charge on any atom is -0.305 e. The second-order valence-electron chi connectivity index (χ2n) is 2.94. The molecule has 0 aliphatic heterocycles. The predicted molar refractivity (Wildman–Crippen MR) is 48.8 cm³/mol. The third kappa shape index (κ3) is 7.97. The molecule has 12 heavy (non-hydrogen) atoms. The number of rotatable bonds is 6. The van der Waals surface area contributed by atoms with E-state index in [1.807, 2.05) is 11.9 Å². The van der Waals surface area contributed by atoms with Gasteiger partial charge in [-0.2, -0.15) is 8.42 Å². The molecular weight excluding hydrogens is 178 g/mol. The Labute approximate surface area is 74.3 Å². The molecule has 0 amide bonds. The fraction of sp³-hybridized carbons (Fsp3) is 1.00. The molecule has 0 spiro atoms. The van der Waals surface area contributed by atoms with E-state index in [-0.39, 0.29) is 5.75 Å². The lowest BCUT2D eigenvalue weighted by Crippen LogP contribution is -2.26. The fourth-order valence-electron chi connectivity index (χ4n) is 0.811. The molecule has 4 nitrogen and oxygen atoms in total. The van der Waals surface area contributed by atoms with Gasteiger partial charge in [-0.3, -0.25) is 4.55 Å². The minimum atomic E-state index is -3.79. The van der Waals surface area contributed by atoms with Crippen molar-refractivity contribution in [2.75, 3.05) is 25.9 Å². The maximum absolute atomic E-state index is 10.3. The maximum Gasteiger partial charge on any atom is 0.266 e. The van der Waals surface area contributed by atoms with Crippen molar-refractivity contribution in [2.45, 2.75) is 19.8 Å². The van der Waals surface area contributed by atoms with E-state index in [1.165, 1.54) is 0 Å². The summed E-state index contributed by atoms with van der Waals surface area (Å²) in [5.74, 6) is -0.173. The Morgan fingerprint density at radius 2 is 1.92 bits per heavy atom. The first-order valence-corrected chi connectivity index (χ1v) is 5.70. The summed E-state index contributed by atoms with van der Waals surface area (Å²) in [7, 11) is -1.94. The number of unbranched alkanes of at least 4 members (excludes halogenated alkanes) is 1. The van der Waals surface area contributed by atoms with Crippen LogP contribution in [0.15, 0.2) is 0 Å². The van der Waals surface area contributed by atoms with E-state index >= 15 is 0 Å². The van der Waals surface area contributed by atoms with E-state index in [9.17, 15) is 8.42 Å². The van der Waals surface area contributed by atoms with E-state index < -0.39 is 10.1 Å². The van der Waals surface area contributed by atoms with E-state index in [2.05, 4.69) is 6.92 Å². The Kier molecular flexibility index (Phi) is 5.44. The minimum absolute atomic E-state index is 0.173. The number of nitrogens with zero attached hydrogens (tertiary/aromatic N) is 1. The highest BCUT2D eigenvalue weighted by molar-refractivity contribution is 7.85. The van der Waals surface area contributed by atoms with E-state index in [0.717, 1.165) is 19.4 Å². The molecule has 0 fully saturated rings. The molecule has 74 valence electrons.